The summed E-state index contributed by atoms with van der Waals surface area (Å²) in [6.07, 6.45) is 0. The summed E-state index contributed by atoms with van der Waals surface area (Å²) in [5.74, 6) is 0.543. The Morgan fingerprint density at radius 1 is 0.714 bits per heavy atom. The maximum absolute atomic E-state index is 13.9. The number of hydrogen-bond acceptors (Lipinski definition) is 5. The van der Waals surface area contributed by atoms with Gasteiger partial charge in [-0.25, -0.2) is 13.9 Å². The van der Waals surface area contributed by atoms with Gasteiger partial charge in [0.25, 0.3) is 11.1 Å². The summed E-state index contributed by atoms with van der Waals surface area (Å²) in [5.41, 5.74) is 0.474. The van der Waals surface area contributed by atoms with Crippen molar-refractivity contribution in [3.63, 3.8) is 0 Å². The lowest BCUT2D eigenvalue weighted by atomic mass is 10.2. The average Bonchev–Trinajstić information content (AvgIpc) is 2.88. The highest BCUT2D eigenvalue weighted by atomic mass is 16.5. The summed E-state index contributed by atoms with van der Waals surface area (Å²) in [4.78, 5) is 40.8. The number of para-hydroxylation sites is 4. The van der Waals surface area contributed by atoms with E-state index in [1.54, 1.807) is 67.7 Å². The van der Waals surface area contributed by atoms with Gasteiger partial charge in [-0.15, -0.1) is 0 Å². The molecule has 3 aromatic carbocycles. The highest BCUT2D eigenvalue weighted by Crippen LogP contribution is 2.29. The van der Waals surface area contributed by atoms with E-state index in [4.69, 9.17) is 4.74 Å². The van der Waals surface area contributed by atoms with Gasteiger partial charge in [-0.05, 0) is 36.4 Å². The Balaban J connectivity index is 1.96. The number of fused-ring (bicyclic) bond motifs is 1. The number of pyridine rings is 1. The third-order valence-electron chi connectivity index (χ3n) is 5.83. The van der Waals surface area contributed by atoms with Gasteiger partial charge >= 0.3 is 5.69 Å². The molecule has 0 saturated carbocycles. The lowest BCUT2D eigenvalue weighted by Gasteiger charge is -2.19. The molecule has 174 valence electrons. The van der Waals surface area contributed by atoms with E-state index in [9.17, 15) is 14.4 Å². The number of rotatable bonds is 5. The zero-order valence-electron chi connectivity index (χ0n) is 19.1. The number of aromatic nitrogens is 3. The number of hydrogen-bond donors (Lipinski definition) is 1. The Kier molecular flexibility index (Phi) is 5.54. The standard InChI is InChI=1S/C27H22N4O4/c1-29-23(32)17-21(28-20-15-9-10-16-22(20)35-2)24-25(29)30(18-11-5-3-6-12-18)27(34)31(26(24)33)19-13-7-4-8-14-19/h3-17,28H,1-2H3. The summed E-state index contributed by atoms with van der Waals surface area (Å²) < 4.78 is 9.25. The molecule has 35 heavy (non-hydrogen) atoms. The molecule has 0 fully saturated rings. The highest BCUT2D eigenvalue weighted by molar-refractivity contribution is 5.92. The molecule has 0 saturated heterocycles. The molecule has 1 N–H and O–H groups in total. The van der Waals surface area contributed by atoms with Gasteiger partial charge in [0.2, 0.25) is 0 Å². The minimum atomic E-state index is -0.579. The van der Waals surface area contributed by atoms with Crippen molar-refractivity contribution in [1.82, 2.24) is 13.7 Å². The van der Waals surface area contributed by atoms with Crippen LogP contribution >= 0.6 is 0 Å². The summed E-state index contributed by atoms with van der Waals surface area (Å²) in [6.45, 7) is 0. The van der Waals surface area contributed by atoms with E-state index in [1.807, 2.05) is 24.3 Å². The SMILES string of the molecule is COc1ccccc1Nc1cc(=O)n(C)c2c1c(=O)n(-c1ccccc1)c(=O)n2-c1ccccc1. The van der Waals surface area contributed by atoms with E-state index in [0.717, 1.165) is 4.57 Å². The van der Waals surface area contributed by atoms with Crippen LogP contribution in [0.15, 0.2) is 105 Å². The predicted octanol–water partition coefficient (Wildman–Crippen LogP) is 3.59. The summed E-state index contributed by atoms with van der Waals surface area (Å²) >= 11 is 0. The van der Waals surface area contributed by atoms with Gasteiger partial charge in [0, 0.05) is 13.1 Å². The number of aryl methyl sites for hydroxylation is 1. The highest BCUT2D eigenvalue weighted by Gasteiger charge is 2.22. The molecule has 5 rings (SSSR count). The van der Waals surface area contributed by atoms with Crippen molar-refractivity contribution in [2.75, 3.05) is 12.4 Å². The zero-order chi connectivity index (χ0) is 24.5. The van der Waals surface area contributed by atoms with Crippen LogP contribution in [0.1, 0.15) is 0 Å². The van der Waals surface area contributed by atoms with Crippen LogP contribution in [0, 0.1) is 0 Å². The summed E-state index contributed by atoms with van der Waals surface area (Å²) in [5, 5.41) is 3.37. The fourth-order valence-corrected chi connectivity index (χ4v) is 4.15. The molecule has 0 amide bonds. The van der Waals surface area contributed by atoms with E-state index < -0.39 is 11.2 Å². The van der Waals surface area contributed by atoms with Crippen molar-refractivity contribution in [3.05, 3.63) is 122 Å². The first-order chi connectivity index (χ1) is 17.0. The average molecular weight is 466 g/mol. The molecule has 8 nitrogen and oxygen atoms in total. The second kappa shape index (κ2) is 8.83. The number of nitrogens with one attached hydrogen (secondary N) is 1. The molecular formula is C27H22N4O4. The molecule has 0 unspecified atom stereocenters. The second-order valence-corrected chi connectivity index (χ2v) is 7.91. The van der Waals surface area contributed by atoms with E-state index in [0.29, 0.717) is 22.8 Å². The number of anilines is 2. The largest absolute Gasteiger partial charge is 0.495 e. The lowest BCUT2D eigenvalue weighted by molar-refractivity contribution is 0.417. The minimum Gasteiger partial charge on any atom is -0.495 e. The number of nitrogens with zero attached hydrogens (tertiary/aromatic N) is 3. The molecule has 0 bridgehead atoms. The van der Waals surface area contributed by atoms with Crippen molar-refractivity contribution in [1.29, 1.82) is 0 Å². The summed E-state index contributed by atoms with van der Waals surface area (Å²) in [6, 6.07) is 26.2. The van der Waals surface area contributed by atoms with Gasteiger partial charge in [-0.3, -0.25) is 14.2 Å². The molecule has 0 atom stereocenters. The molecule has 0 aliphatic rings. The van der Waals surface area contributed by atoms with Gasteiger partial charge < -0.3 is 10.1 Å². The van der Waals surface area contributed by atoms with Crippen LogP contribution in [0.5, 0.6) is 5.75 Å². The van der Waals surface area contributed by atoms with Gasteiger partial charge in [0.05, 0.1) is 29.9 Å². The molecule has 0 radical (unpaired) electrons. The topological polar surface area (TPSA) is 87.3 Å². The van der Waals surface area contributed by atoms with Gasteiger partial charge in [0.1, 0.15) is 16.8 Å². The molecule has 0 spiro atoms. The fourth-order valence-electron chi connectivity index (χ4n) is 4.15. The predicted molar refractivity (Wildman–Crippen MR) is 137 cm³/mol. The first-order valence-electron chi connectivity index (χ1n) is 10.9. The van der Waals surface area contributed by atoms with E-state index in [1.165, 1.54) is 22.3 Å². The third-order valence-corrected chi connectivity index (χ3v) is 5.83. The van der Waals surface area contributed by atoms with Crippen LogP contribution in [0.25, 0.3) is 22.4 Å². The normalized spacial score (nSPS) is 10.9. The van der Waals surface area contributed by atoms with Crippen LogP contribution in [0.2, 0.25) is 0 Å². The third kappa shape index (κ3) is 3.71. The molecule has 8 heteroatoms. The Bertz CT molecular complexity index is 1720. The Labute approximate surface area is 199 Å². The van der Waals surface area contributed by atoms with Crippen LogP contribution in [-0.4, -0.2) is 20.8 Å². The zero-order valence-corrected chi connectivity index (χ0v) is 19.1. The fraction of sp³-hybridized carbons (Fsp3) is 0.0741. The molecule has 2 heterocycles. The second-order valence-electron chi connectivity index (χ2n) is 7.91. The maximum Gasteiger partial charge on any atom is 0.341 e. The van der Waals surface area contributed by atoms with Gasteiger partial charge in [-0.1, -0.05) is 48.5 Å². The molecular weight excluding hydrogens is 444 g/mol. The van der Waals surface area contributed by atoms with Crippen molar-refractivity contribution in [2.24, 2.45) is 7.05 Å². The van der Waals surface area contributed by atoms with Crippen LogP contribution < -0.4 is 26.9 Å². The molecule has 0 aliphatic heterocycles. The molecule has 5 aromatic rings. The van der Waals surface area contributed by atoms with E-state index in [-0.39, 0.29) is 22.3 Å². The van der Waals surface area contributed by atoms with Crippen LogP contribution in [0.4, 0.5) is 11.4 Å². The van der Waals surface area contributed by atoms with Crippen LogP contribution in [0.3, 0.4) is 0 Å². The minimum absolute atomic E-state index is 0.184. The maximum atomic E-state index is 13.9. The quantitative estimate of drug-likeness (QED) is 0.428. The van der Waals surface area contributed by atoms with Gasteiger partial charge in [-0.2, -0.15) is 0 Å². The van der Waals surface area contributed by atoms with Crippen LogP contribution in [-0.2, 0) is 7.05 Å². The molecule has 0 aliphatic carbocycles. The lowest BCUT2D eigenvalue weighted by Crippen LogP contribution is -2.40. The first kappa shape index (κ1) is 22.0. The van der Waals surface area contributed by atoms with Crippen molar-refractivity contribution >= 4 is 22.4 Å². The Morgan fingerprint density at radius 3 is 1.91 bits per heavy atom. The number of benzene rings is 3. The van der Waals surface area contributed by atoms with Crippen molar-refractivity contribution < 1.29 is 4.74 Å². The molecule has 2 aromatic heterocycles. The monoisotopic (exact) mass is 466 g/mol. The number of ether oxygens (including phenoxy) is 1. The van der Waals surface area contributed by atoms with Crippen molar-refractivity contribution in [2.45, 2.75) is 0 Å². The summed E-state index contributed by atoms with van der Waals surface area (Å²) in [7, 11) is 3.08. The van der Waals surface area contributed by atoms with Gasteiger partial charge in [0.15, 0.2) is 0 Å². The Morgan fingerprint density at radius 2 is 1.29 bits per heavy atom. The first-order valence-corrected chi connectivity index (χ1v) is 10.9. The van der Waals surface area contributed by atoms with Crippen molar-refractivity contribution in [3.8, 4) is 17.1 Å². The number of methoxy groups -OCH3 is 1. The smallest absolute Gasteiger partial charge is 0.341 e. The van der Waals surface area contributed by atoms with E-state index >= 15 is 0 Å². The van der Waals surface area contributed by atoms with E-state index in [2.05, 4.69) is 5.32 Å². The Hall–Kier alpha value is -4.85.